The Morgan fingerprint density at radius 2 is 1.82 bits per heavy atom. The Labute approximate surface area is 156 Å². The van der Waals surface area contributed by atoms with E-state index in [1.807, 2.05) is 0 Å². The van der Waals surface area contributed by atoms with Crippen LogP contribution in [0, 0.1) is 15.9 Å². The Balaban J connectivity index is 1.89. The largest absolute Gasteiger partial charge is 0.328 e. The lowest BCUT2D eigenvalue weighted by Crippen LogP contribution is -2.39. The van der Waals surface area contributed by atoms with Crippen molar-refractivity contribution in [3.63, 3.8) is 0 Å². The number of hydrogen-bond acceptors (Lipinski definition) is 5. The van der Waals surface area contributed by atoms with Gasteiger partial charge < -0.3 is 10.3 Å². The summed E-state index contributed by atoms with van der Waals surface area (Å²) in [4.78, 5) is 49.3. The summed E-state index contributed by atoms with van der Waals surface area (Å²) in [5.74, 6) is -1.41. The zero-order valence-electron chi connectivity index (χ0n) is 14.2. The fourth-order valence-corrected chi connectivity index (χ4v) is 2.48. The minimum Gasteiger partial charge on any atom is -0.322 e. The van der Waals surface area contributed by atoms with Gasteiger partial charge in [0.15, 0.2) is 0 Å². The number of nitrogens with zero attached hydrogens (tertiary/aromatic N) is 2. The van der Waals surface area contributed by atoms with Crippen molar-refractivity contribution in [2.45, 2.75) is 6.54 Å². The highest BCUT2D eigenvalue weighted by Crippen LogP contribution is 2.15. The maximum absolute atomic E-state index is 13.8. The van der Waals surface area contributed by atoms with Crippen LogP contribution in [0.3, 0.4) is 0 Å². The molecule has 0 spiro atoms. The van der Waals surface area contributed by atoms with Gasteiger partial charge in [-0.05, 0) is 18.2 Å². The number of nitro groups is 1. The van der Waals surface area contributed by atoms with Crippen molar-refractivity contribution in [1.82, 2.24) is 9.55 Å². The highest BCUT2D eigenvalue weighted by atomic mass is 19.1. The first-order chi connectivity index (χ1) is 13.4. The van der Waals surface area contributed by atoms with Crippen molar-refractivity contribution in [1.29, 1.82) is 0 Å². The second-order valence-electron chi connectivity index (χ2n) is 5.75. The summed E-state index contributed by atoms with van der Waals surface area (Å²) in [6.45, 7) is -0.348. The Morgan fingerprint density at radius 1 is 1.14 bits per heavy atom. The van der Waals surface area contributed by atoms with E-state index in [4.69, 9.17) is 0 Å². The molecule has 1 aromatic heterocycles. The van der Waals surface area contributed by atoms with Gasteiger partial charge >= 0.3 is 5.69 Å². The SMILES string of the molecule is O=C(Nc1ccc([N+](=O)[O-])cc1)c1c[nH]c(=O)n(Cc2ccccc2F)c1=O. The molecule has 0 aliphatic carbocycles. The number of carbonyl (C=O) groups excluding carboxylic acids is 1. The summed E-state index contributed by atoms with van der Waals surface area (Å²) in [7, 11) is 0. The molecule has 3 rings (SSSR count). The number of rotatable bonds is 5. The quantitative estimate of drug-likeness (QED) is 0.513. The van der Waals surface area contributed by atoms with E-state index in [0.29, 0.717) is 4.57 Å². The summed E-state index contributed by atoms with van der Waals surface area (Å²) in [5.41, 5.74) is -1.87. The Hall–Kier alpha value is -4.08. The van der Waals surface area contributed by atoms with Crippen molar-refractivity contribution in [2.75, 3.05) is 5.32 Å². The molecule has 28 heavy (non-hydrogen) atoms. The van der Waals surface area contributed by atoms with Crippen LogP contribution in [0.15, 0.2) is 64.3 Å². The molecule has 0 radical (unpaired) electrons. The van der Waals surface area contributed by atoms with Gasteiger partial charge in [-0.25, -0.2) is 9.18 Å². The molecule has 0 saturated heterocycles. The van der Waals surface area contributed by atoms with E-state index in [1.165, 1.54) is 42.5 Å². The highest BCUT2D eigenvalue weighted by Gasteiger charge is 2.16. The smallest absolute Gasteiger partial charge is 0.322 e. The van der Waals surface area contributed by atoms with Crippen LogP contribution < -0.4 is 16.6 Å². The standard InChI is InChI=1S/C18H13FN4O5/c19-15-4-2-1-3-11(15)10-22-17(25)14(9-20-18(22)26)16(24)21-12-5-7-13(8-6-12)23(27)28/h1-9H,10H2,(H,20,26)(H,21,24). The summed E-state index contributed by atoms with van der Waals surface area (Å²) >= 11 is 0. The normalized spacial score (nSPS) is 10.5. The molecular formula is C18H13FN4O5. The third kappa shape index (κ3) is 3.85. The third-order valence-corrected chi connectivity index (χ3v) is 3.93. The number of aromatic nitrogens is 2. The van der Waals surface area contributed by atoms with Gasteiger partial charge in [-0.2, -0.15) is 0 Å². The van der Waals surface area contributed by atoms with Gasteiger partial charge in [0.2, 0.25) is 0 Å². The van der Waals surface area contributed by atoms with Gasteiger partial charge in [0.25, 0.3) is 17.2 Å². The van der Waals surface area contributed by atoms with Crippen LogP contribution in [-0.2, 0) is 6.54 Å². The van der Waals surface area contributed by atoms with Gasteiger partial charge in [-0.15, -0.1) is 0 Å². The van der Waals surface area contributed by atoms with Crippen molar-refractivity contribution < 1.29 is 14.1 Å². The van der Waals surface area contributed by atoms with Crippen molar-refractivity contribution in [2.24, 2.45) is 0 Å². The van der Waals surface area contributed by atoms with E-state index in [1.54, 1.807) is 6.07 Å². The number of aromatic amines is 1. The lowest BCUT2D eigenvalue weighted by molar-refractivity contribution is -0.384. The first-order valence-electron chi connectivity index (χ1n) is 7.98. The van der Waals surface area contributed by atoms with Crippen LogP contribution >= 0.6 is 0 Å². The van der Waals surface area contributed by atoms with Crippen LogP contribution in [0.1, 0.15) is 15.9 Å². The average molecular weight is 384 g/mol. The molecule has 0 bridgehead atoms. The Morgan fingerprint density at radius 3 is 2.46 bits per heavy atom. The van der Waals surface area contributed by atoms with Crippen molar-refractivity contribution >= 4 is 17.3 Å². The van der Waals surface area contributed by atoms with Crippen LogP contribution in [0.2, 0.25) is 0 Å². The van der Waals surface area contributed by atoms with Gasteiger partial charge in [0, 0.05) is 29.6 Å². The van der Waals surface area contributed by atoms with Gasteiger partial charge in [-0.1, -0.05) is 18.2 Å². The number of nitrogens with one attached hydrogen (secondary N) is 2. The first-order valence-corrected chi connectivity index (χ1v) is 7.98. The van der Waals surface area contributed by atoms with E-state index in [-0.39, 0.29) is 29.0 Å². The number of non-ortho nitro benzene ring substituents is 1. The lowest BCUT2D eigenvalue weighted by atomic mass is 10.2. The number of nitro benzene ring substituents is 1. The number of carbonyl (C=O) groups is 1. The summed E-state index contributed by atoms with van der Waals surface area (Å²) in [6.07, 6.45) is 0.962. The summed E-state index contributed by atoms with van der Waals surface area (Å²) in [5, 5.41) is 13.1. The topological polar surface area (TPSA) is 127 Å². The molecule has 10 heteroatoms. The van der Waals surface area contributed by atoms with Crippen LogP contribution in [-0.4, -0.2) is 20.4 Å². The number of H-pyrrole nitrogens is 1. The molecule has 3 aromatic rings. The maximum Gasteiger partial charge on any atom is 0.328 e. The van der Waals surface area contributed by atoms with Gasteiger partial charge in [-0.3, -0.25) is 24.3 Å². The van der Waals surface area contributed by atoms with E-state index < -0.39 is 27.9 Å². The maximum atomic E-state index is 13.8. The molecule has 2 aromatic carbocycles. The lowest BCUT2D eigenvalue weighted by Gasteiger charge is -2.09. The summed E-state index contributed by atoms with van der Waals surface area (Å²) < 4.78 is 14.5. The number of hydrogen-bond donors (Lipinski definition) is 2. The number of anilines is 1. The zero-order valence-corrected chi connectivity index (χ0v) is 14.2. The van der Waals surface area contributed by atoms with E-state index in [9.17, 15) is 28.9 Å². The monoisotopic (exact) mass is 384 g/mol. The van der Waals surface area contributed by atoms with Crippen molar-refractivity contribution in [3.8, 4) is 0 Å². The average Bonchev–Trinajstić information content (AvgIpc) is 2.66. The molecule has 1 amide bonds. The van der Waals surface area contributed by atoms with Gasteiger partial charge in [0.05, 0.1) is 11.5 Å². The van der Waals surface area contributed by atoms with E-state index in [2.05, 4.69) is 10.3 Å². The fraction of sp³-hybridized carbons (Fsp3) is 0.0556. The number of halogens is 1. The molecule has 0 aliphatic heterocycles. The molecule has 0 atom stereocenters. The molecule has 0 aliphatic rings. The molecule has 1 heterocycles. The molecule has 0 unspecified atom stereocenters. The highest BCUT2D eigenvalue weighted by molar-refractivity contribution is 6.03. The minimum atomic E-state index is -0.897. The summed E-state index contributed by atoms with van der Waals surface area (Å²) in [6, 6.07) is 10.6. The molecule has 0 fully saturated rings. The van der Waals surface area contributed by atoms with Crippen LogP contribution in [0.5, 0.6) is 0 Å². The zero-order chi connectivity index (χ0) is 20.3. The van der Waals surface area contributed by atoms with E-state index >= 15 is 0 Å². The van der Waals surface area contributed by atoms with Crippen molar-refractivity contribution in [3.05, 3.63) is 103 Å². The fourth-order valence-electron chi connectivity index (χ4n) is 2.48. The Bertz CT molecular complexity index is 1170. The molecule has 0 saturated carbocycles. The Kier molecular flexibility index (Phi) is 5.12. The number of benzene rings is 2. The predicted octanol–water partition coefficient (Wildman–Crippen LogP) is 1.88. The van der Waals surface area contributed by atoms with Gasteiger partial charge in [0.1, 0.15) is 11.4 Å². The second-order valence-corrected chi connectivity index (χ2v) is 5.75. The number of amides is 1. The minimum absolute atomic E-state index is 0.114. The second kappa shape index (κ2) is 7.66. The molecule has 2 N–H and O–H groups in total. The molecular weight excluding hydrogens is 371 g/mol. The molecule has 142 valence electrons. The van der Waals surface area contributed by atoms with E-state index in [0.717, 1.165) is 6.20 Å². The molecule has 9 nitrogen and oxygen atoms in total. The van der Waals surface area contributed by atoms with Crippen LogP contribution in [0.4, 0.5) is 15.8 Å². The predicted molar refractivity (Wildman–Crippen MR) is 97.9 cm³/mol. The third-order valence-electron chi connectivity index (χ3n) is 3.93. The first kappa shape index (κ1) is 18.7. The van der Waals surface area contributed by atoms with Crippen LogP contribution in [0.25, 0.3) is 0 Å².